The lowest BCUT2D eigenvalue weighted by molar-refractivity contribution is 0.107. The number of β-amino-alcohol motifs (C(OH)–C–C–N with tert-alkyl or cyclic N) is 1. The normalized spacial score (nSPS) is 17.9. The Morgan fingerprint density at radius 2 is 1.94 bits per heavy atom. The Labute approximate surface area is 108 Å². The number of hydrogen-bond donors (Lipinski definition) is 1. The number of aromatic nitrogens is 1. The number of ether oxygens (including phenoxy) is 1. The summed E-state index contributed by atoms with van der Waals surface area (Å²) in [7, 11) is 1.64. The molecule has 0 radical (unpaired) electrons. The van der Waals surface area contributed by atoms with Gasteiger partial charge in [0.25, 0.3) is 0 Å². The number of hydrogen-bond acceptors (Lipinski definition) is 5. The predicted octanol–water partition coefficient (Wildman–Crippen LogP) is 0.200. The number of nitrogens with zero attached hydrogens (tertiary/aromatic N) is 3. The van der Waals surface area contributed by atoms with Crippen LogP contribution in [0.5, 0.6) is 5.88 Å². The minimum Gasteiger partial charge on any atom is -0.481 e. The van der Waals surface area contributed by atoms with Gasteiger partial charge in [0.2, 0.25) is 5.88 Å². The molecule has 1 N–H and O–H groups in total. The number of rotatable bonds is 5. The van der Waals surface area contributed by atoms with Crippen molar-refractivity contribution in [2.75, 3.05) is 46.4 Å². The van der Waals surface area contributed by atoms with Crippen LogP contribution in [0.25, 0.3) is 0 Å². The molecule has 1 aliphatic rings. The summed E-state index contributed by atoms with van der Waals surface area (Å²) in [6, 6.07) is 5.87. The molecule has 0 unspecified atom stereocenters. The Morgan fingerprint density at radius 3 is 2.61 bits per heavy atom. The summed E-state index contributed by atoms with van der Waals surface area (Å²) in [5.41, 5.74) is 1.05. The first-order valence-corrected chi connectivity index (χ1v) is 6.37. The molecule has 1 aromatic rings. The number of methoxy groups -OCH3 is 1. The van der Waals surface area contributed by atoms with Crippen LogP contribution < -0.4 is 4.74 Å². The van der Waals surface area contributed by atoms with Gasteiger partial charge >= 0.3 is 0 Å². The quantitative estimate of drug-likeness (QED) is 0.810. The van der Waals surface area contributed by atoms with E-state index in [0.717, 1.165) is 45.0 Å². The van der Waals surface area contributed by atoms with Crippen LogP contribution in [0.2, 0.25) is 0 Å². The largest absolute Gasteiger partial charge is 0.481 e. The maximum absolute atomic E-state index is 8.90. The van der Waals surface area contributed by atoms with E-state index < -0.39 is 0 Å². The standard InChI is InChI=1S/C13H21N3O2/c1-18-13-4-2-3-12(14-13)11-16-7-5-15(6-8-16)9-10-17/h2-4,17H,5-11H2,1H3. The first kappa shape index (κ1) is 13.3. The predicted molar refractivity (Wildman–Crippen MR) is 69.6 cm³/mol. The van der Waals surface area contributed by atoms with Crippen LogP contribution in [0, 0.1) is 0 Å². The van der Waals surface area contributed by atoms with Crippen LogP contribution in [0.15, 0.2) is 18.2 Å². The Hall–Kier alpha value is -1.17. The van der Waals surface area contributed by atoms with Gasteiger partial charge in [-0.05, 0) is 6.07 Å². The molecule has 100 valence electrons. The van der Waals surface area contributed by atoms with Gasteiger partial charge in [0, 0.05) is 45.3 Å². The maximum atomic E-state index is 8.90. The fourth-order valence-corrected chi connectivity index (χ4v) is 2.20. The van der Waals surface area contributed by atoms with Gasteiger partial charge in [-0.2, -0.15) is 0 Å². The molecule has 0 atom stereocenters. The fraction of sp³-hybridized carbons (Fsp3) is 0.615. The van der Waals surface area contributed by atoms with Gasteiger partial charge < -0.3 is 9.84 Å². The summed E-state index contributed by atoms with van der Waals surface area (Å²) in [4.78, 5) is 9.09. The zero-order chi connectivity index (χ0) is 12.8. The van der Waals surface area contributed by atoms with Crippen LogP contribution in [0.1, 0.15) is 5.69 Å². The number of pyridine rings is 1. The molecule has 1 aliphatic heterocycles. The third kappa shape index (κ3) is 3.66. The lowest BCUT2D eigenvalue weighted by Gasteiger charge is -2.34. The average Bonchev–Trinajstić information content (AvgIpc) is 2.42. The van der Waals surface area contributed by atoms with E-state index in [2.05, 4.69) is 14.8 Å². The van der Waals surface area contributed by atoms with E-state index in [1.54, 1.807) is 7.11 Å². The van der Waals surface area contributed by atoms with Gasteiger partial charge in [-0.25, -0.2) is 4.98 Å². The summed E-state index contributed by atoms with van der Waals surface area (Å²) < 4.78 is 5.13. The minimum absolute atomic E-state index is 0.247. The molecule has 1 fully saturated rings. The third-order valence-corrected chi connectivity index (χ3v) is 3.26. The Balaban J connectivity index is 1.83. The van der Waals surface area contributed by atoms with Crippen molar-refractivity contribution in [2.24, 2.45) is 0 Å². The second-order valence-electron chi connectivity index (χ2n) is 4.51. The van der Waals surface area contributed by atoms with Crippen molar-refractivity contribution in [1.82, 2.24) is 14.8 Å². The molecule has 1 aromatic heterocycles. The molecule has 0 spiro atoms. The molecule has 2 heterocycles. The summed E-state index contributed by atoms with van der Waals surface area (Å²) in [5.74, 6) is 0.673. The topological polar surface area (TPSA) is 48.8 Å². The fourth-order valence-electron chi connectivity index (χ4n) is 2.20. The highest BCUT2D eigenvalue weighted by molar-refractivity contribution is 5.15. The first-order valence-electron chi connectivity index (χ1n) is 6.37. The van der Waals surface area contributed by atoms with E-state index in [0.29, 0.717) is 5.88 Å². The molecule has 2 rings (SSSR count). The van der Waals surface area contributed by atoms with Gasteiger partial charge in [0.05, 0.1) is 19.4 Å². The van der Waals surface area contributed by atoms with Gasteiger partial charge in [0.1, 0.15) is 0 Å². The van der Waals surface area contributed by atoms with E-state index in [-0.39, 0.29) is 6.61 Å². The molecule has 0 saturated carbocycles. The van der Waals surface area contributed by atoms with Crippen molar-refractivity contribution in [3.8, 4) is 5.88 Å². The maximum Gasteiger partial charge on any atom is 0.213 e. The number of aliphatic hydroxyl groups is 1. The van der Waals surface area contributed by atoms with Gasteiger partial charge in [0.15, 0.2) is 0 Å². The van der Waals surface area contributed by atoms with E-state index in [9.17, 15) is 0 Å². The van der Waals surface area contributed by atoms with Crippen LogP contribution >= 0.6 is 0 Å². The summed E-state index contributed by atoms with van der Waals surface area (Å²) >= 11 is 0. The molecule has 0 amide bonds. The van der Waals surface area contributed by atoms with Gasteiger partial charge in [-0.3, -0.25) is 9.80 Å². The van der Waals surface area contributed by atoms with Crippen LogP contribution in [-0.4, -0.2) is 66.3 Å². The minimum atomic E-state index is 0.247. The molecule has 5 heteroatoms. The molecule has 18 heavy (non-hydrogen) atoms. The van der Waals surface area contributed by atoms with Crippen molar-refractivity contribution in [3.05, 3.63) is 23.9 Å². The highest BCUT2D eigenvalue weighted by Gasteiger charge is 2.16. The molecule has 5 nitrogen and oxygen atoms in total. The average molecular weight is 251 g/mol. The molecule has 0 bridgehead atoms. The second kappa shape index (κ2) is 6.68. The van der Waals surface area contributed by atoms with Crippen LogP contribution in [0.4, 0.5) is 0 Å². The lowest BCUT2D eigenvalue weighted by atomic mass is 10.2. The molecule has 1 saturated heterocycles. The number of piperazine rings is 1. The zero-order valence-electron chi connectivity index (χ0n) is 10.9. The molecule has 0 aliphatic carbocycles. The highest BCUT2D eigenvalue weighted by Crippen LogP contribution is 2.10. The van der Waals surface area contributed by atoms with Crippen molar-refractivity contribution < 1.29 is 9.84 Å². The monoisotopic (exact) mass is 251 g/mol. The van der Waals surface area contributed by atoms with Gasteiger partial charge in [-0.1, -0.05) is 6.07 Å². The Bertz CT molecular complexity index is 365. The van der Waals surface area contributed by atoms with Crippen LogP contribution in [-0.2, 0) is 6.54 Å². The van der Waals surface area contributed by atoms with Crippen molar-refractivity contribution in [2.45, 2.75) is 6.54 Å². The summed E-state index contributed by atoms with van der Waals surface area (Å²) in [5, 5.41) is 8.90. The van der Waals surface area contributed by atoms with E-state index in [1.165, 1.54) is 0 Å². The molecule has 0 aromatic carbocycles. The van der Waals surface area contributed by atoms with E-state index in [4.69, 9.17) is 9.84 Å². The SMILES string of the molecule is COc1cccc(CN2CCN(CCO)CC2)n1. The lowest BCUT2D eigenvalue weighted by Crippen LogP contribution is -2.46. The highest BCUT2D eigenvalue weighted by atomic mass is 16.5. The Kier molecular flexibility index (Phi) is 4.92. The van der Waals surface area contributed by atoms with E-state index in [1.807, 2.05) is 18.2 Å². The molecular weight excluding hydrogens is 230 g/mol. The smallest absolute Gasteiger partial charge is 0.213 e. The van der Waals surface area contributed by atoms with Crippen molar-refractivity contribution >= 4 is 0 Å². The van der Waals surface area contributed by atoms with Crippen molar-refractivity contribution in [1.29, 1.82) is 0 Å². The zero-order valence-corrected chi connectivity index (χ0v) is 10.9. The second-order valence-corrected chi connectivity index (χ2v) is 4.51. The van der Waals surface area contributed by atoms with Crippen LogP contribution in [0.3, 0.4) is 0 Å². The van der Waals surface area contributed by atoms with Gasteiger partial charge in [-0.15, -0.1) is 0 Å². The van der Waals surface area contributed by atoms with E-state index >= 15 is 0 Å². The summed E-state index contributed by atoms with van der Waals surface area (Å²) in [6.07, 6.45) is 0. The summed E-state index contributed by atoms with van der Waals surface area (Å²) in [6.45, 7) is 5.99. The Morgan fingerprint density at radius 1 is 1.22 bits per heavy atom. The first-order chi connectivity index (χ1) is 8.81. The number of aliphatic hydroxyl groups excluding tert-OH is 1. The third-order valence-electron chi connectivity index (χ3n) is 3.26. The molecular formula is C13H21N3O2. The van der Waals surface area contributed by atoms with Crippen molar-refractivity contribution in [3.63, 3.8) is 0 Å².